The number of hydrogen-bond acceptors (Lipinski definition) is 4. The molecule has 0 aliphatic heterocycles. The van der Waals surface area contributed by atoms with Crippen molar-refractivity contribution in [3.05, 3.63) is 27.2 Å². The molecule has 0 spiro atoms. The van der Waals surface area contributed by atoms with Gasteiger partial charge in [-0.3, -0.25) is 4.79 Å². The smallest absolute Gasteiger partial charge is 0.262 e. The maximum atomic E-state index is 11.9. The Hall–Kier alpha value is -0.340. The van der Waals surface area contributed by atoms with Gasteiger partial charge in [0.2, 0.25) is 0 Å². The fourth-order valence-electron chi connectivity index (χ4n) is 1.39. The van der Waals surface area contributed by atoms with Gasteiger partial charge in [0.25, 0.3) is 15.0 Å². The number of halogens is 3. The molecule has 0 fully saturated rings. The predicted molar refractivity (Wildman–Crippen MR) is 81.0 cm³/mol. The van der Waals surface area contributed by atoms with Gasteiger partial charge in [-0.1, -0.05) is 11.6 Å². The lowest BCUT2D eigenvalue weighted by Crippen LogP contribution is -2.25. The van der Waals surface area contributed by atoms with E-state index in [1.807, 2.05) is 0 Å². The first-order valence-corrected chi connectivity index (χ1v) is 8.96. The van der Waals surface area contributed by atoms with Crippen molar-refractivity contribution < 1.29 is 17.9 Å². The average Bonchev–Trinajstić information content (AvgIpc) is 2.36. The Morgan fingerprint density at radius 2 is 2.10 bits per heavy atom. The van der Waals surface area contributed by atoms with E-state index in [1.165, 1.54) is 12.1 Å². The first-order valence-electron chi connectivity index (χ1n) is 5.48. The molecule has 0 saturated heterocycles. The van der Waals surface area contributed by atoms with Gasteiger partial charge in [0, 0.05) is 36.5 Å². The highest BCUT2D eigenvalue weighted by Crippen LogP contribution is 2.33. The molecule has 0 aliphatic carbocycles. The van der Waals surface area contributed by atoms with Crippen LogP contribution in [0.3, 0.4) is 0 Å². The van der Waals surface area contributed by atoms with Crippen LogP contribution in [0.5, 0.6) is 0 Å². The number of methoxy groups -OCH3 is 1. The van der Waals surface area contributed by atoms with Crippen LogP contribution in [0.4, 0.5) is 0 Å². The van der Waals surface area contributed by atoms with Gasteiger partial charge in [0.1, 0.15) is 0 Å². The number of ether oxygens (including phenoxy) is 1. The van der Waals surface area contributed by atoms with Crippen LogP contribution < -0.4 is 5.32 Å². The number of benzene rings is 1. The Morgan fingerprint density at radius 3 is 2.65 bits per heavy atom. The monoisotopic (exact) mass is 403 g/mol. The molecule has 1 aromatic rings. The molecule has 112 valence electrons. The summed E-state index contributed by atoms with van der Waals surface area (Å²) in [5.41, 5.74) is 0.120. The number of nitrogens with one attached hydrogen (secondary N) is 1. The van der Waals surface area contributed by atoms with E-state index in [9.17, 15) is 13.2 Å². The van der Waals surface area contributed by atoms with Crippen molar-refractivity contribution >= 4 is 53.2 Å². The molecule has 20 heavy (non-hydrogen) atoms. The van der Waals surface area contributed by atoms with Crippen molar-refractivity contribution in [2.75, 3.05) is 20.3 Å². The van der Waals surface area contributed by atoms with E-state index in [0.29, 0.717) is 19.6 Å². The summed E-state index contributed by atoms with van der Waals surface area (Å²) >= 11 is 8.91. The second-order valence-corrected chi connectivity index (χ2v) is 7.54. The lowest BCUT2D eigenvalue weighted by atomic mass is 10.2. The summed E-state index contributed by atoms with van der Waals surface area (Å²) in [6.45, 7) is 0.923. The van der Waals surface area contributed by atoms with E-state index >= 15 is 0 Å². The Bertz CT molecular complexity index is 607. The van der Waals surface area contributed by atoms with Crippen molar-refractivity contribution in [2.24, 2.45) is 0 Å². The molecule has 1 amide bonds. The zero-order chi connectivity index (χ0) is 15.3. The fraction of sp³-hybridized carbons (Fsp3) is 0.364. The summed E-state index contributed by atoms with van der Waals surface area (Å²) in [6, 6.07) is 2.53. The van der Waals surface area contributed by atoms with Crippen LogP contribution in [0, 0.1) is 0 Å². The van der Waals surface area contributed by atoms with Gasteiger partial charge in [0.05, 0.1) is 14.4 Å². The van der Waals surface area contributed by atoms with E-state index in [0.717, 1.165) is 0 Å². The molecule has 0 aromatic heterocycles. The molecular formula is C11H12BrCl2NO4S. The Morgan fingerprint density at radius 1 is 1.45 bits per heavy atom. The summed E-state index contributed by atoms with van der Waals surface area (Å²) in [4.78, 5) is 11.6. The standard InChI is InChI=1S/C11H12BrCl2NO4S/c1-19-4-2-3-15-11(16)7-5-8(13)10(12)9(6-7)20(14,17)18/h5-6H,2-4H2,1H3,(H,15,16). The lowest BCUT2D eigenvalue weighted by molar-refractivity contribution is 0.0948. The summed E-state index contributed by atoms with van der Waals surface area (Å²) in [5, 5.41) is 2.72. The highest BCUT2D eigenvalue weighted by molar-refractivity contribution is 9.10. The van der Waals surface area contributed by atoms with Crippen LogP contribution >= 0.6 is 38.2 Å². The third-order valence-electron chi connectivity index (χ3n) is 2.33. The zero-order valence-corrected chi connectivity index (χ0v) is 14.4. The molecule has 1 N–H and O–H groups in total. The maximum Gasteiger partial charge on any atom is 0.262 e. The Labute approximate surface area is 135 Å². The van der Waals surface area contributed by atoms with Crippen LogP contribution in [0.2, 0.25) is 5.02 Å². The van der Waals surface area contributed by atoms with E-state index < -0.39 is 15.0 Å². The quantitative estimate of drug-likeness (QED) is 0.584. The summed E-state index contributed by atoms with van der Waals surface area (Å²) in [6.07, 6.45) is 0.646. The molecule has 0 aliphatic rings. The number of hydrogen-bond donors (Lipinski definition) is 1. The second kappa shape index (κ2) is 7.61. The van der Waals surface area contributed by atoms with Crippen LogP contribution in [-0.4, -0.2) is 34.6 Å². The van der Waals surface area contributed by atoms with Gasteiger partial charge in [-0.25, -0.2) is 8.42 Å². The van der Waals surface area contributed by atoms with Crippen molar-refractivity contribution in [1.29, 1.82) is 0 Å². The van der Waals surface area contributed by atoms with Gasteiger partial charge in [-0.15, -0.1) is 0 Å². The maximum absolute atomic E-state index is 11.9. The largest absolute Gasteiger partial charge is 0.385 e. The topological polar surface area (TPSA) is 72.5 Å². The van der Waals surface area contributed by atoms with Crippen LogP contribution in [-0.2, 0) is 13.8 Å². The summed E-state index contributed by atoms with van der Waals surface area (Å²) in [5.74, 6) is -0.433. The number of carbonyl (C=O) groups is 1. The van der Waals surface area contributed by atoms with Crippen LogP contribution in [0.25, 0.3) is 0 Å². The number of rotatable bonds is 6. The van der Waals surface area contributed by atoms with E-state index in [-0.39, 0.29) is 20.0 Å². The molecule has 0 radical (unpaired) electrons. The zero-order valence-electron chi connectivity index (χ0n) is 10.5. The van der Waals surface area contributed by atoms with Crippen molar-refractivity contribution in [3.63, 3.8) is 0 Å². The van der Waals surface area contributed by atoms with E-state index in [4.69, 9.17) is 27.0 Å². The van der Waals surface area contributed by atoms with E-state index in [1.54, 1.807) is 7.11 Å². The number of carbonyl (C=O) groups excluding carboxylic acids is 1. The molecule has 0 heterocycles. The number of amides is 1. The molecule has 0 unspecified atom stereocenters. The molecule has 0 saturated carbocycles. The van der Waals surface area contributed by atoms with Gasteiger partial charge in [0.15, 0.2) is 0 Å². The normalized spacial score (nSPS) is 11.4. The molecule has 1 rings (SSSR count). The minimum atomic E-state index is -4.00. The van der Waals surface area contributed by atoms with Crippen LogP contribution in [0.1, 0.15) is 16.8 Å². The minimum absolute atomic E-state index is 0.0915. The third kappa shape index (κ3) is 4.89. The van der Waals surface area contributed by atoms with Crippen molar-refractivity contribution in [2.45, 2.75) is 11.3 Å². The van der Waals surface area contributed by atoms with Gasteiger partial charge >= 0.3 is 0 Å². The average molecular weight is 405 g/mol. The van der Waals surface area contributed by atoms with Crippen LogP contribution in [0.15, 0.2) is 21.5 Å². The lowest BCUT2D eigenvalue weighted by Gasteiger charge is -2.08. The van der Waals surface area contributed by atoms with Gasteiger partial charge < -0.3 is 10.1 Å². The fourth-order valence-corrected chi connectivity index (χ4v) is 3.77. The molecule has 0 bridgehead atoms. The predicted octanol–water partition coefficient (Wildman–Crippen LogP) is 2.80. The Balaban J connectivity index is 2.97. The summed E-state index contributed by atoms with van der Waals surface area (Å²) in [7, 11) is 2.86. The first kappa shape index (κ1) is 17.7. The van der Waals surface area contributed by atoms with Crippen molar-refractivity contribution in [1.82, 2.24) is 5.32 Å². The minimum Gasteiger partial charge on any atom is -0.385 e. The third-order valence-corrected chi connectivity index (χ3v) is 5.32. The van der Waals surface area contributed by atoms with Crippen molar-refractivity contribution in [3.8, 4) is 0 Å². The highest BCUT2D eigenvalue weighted by Gasteiger charge is 2.20. The summed E-state index contributed by atoms with van der Waals surface area (Å²) < 4.78 is 27.8. The molecule has 1 aromatic carbocycles. The Kier molecular flexibility index (Phi) is 6.74. The molecule has 5 nitrogen and oxygen atoms in total. The van der Waals surface area contributed by atoms with Gasteiger partial charge in [-0.05, 0) is 34.5 Å². The molecule has 9 heteroatoms. The first-order chi connectivity index (χ1) is 9.27. The molecular weight excluding hydrogens is 393 g/mol. The second-order valence-electron chi connectivity index (χ2n) is 3.81. The van der Waals surface area contributed by atoms with E-state index in [2.05, 4.69) is 21.2 Å². The SMILES string of the molecule is COCCCNC(=O)c1cc(Cl)c(Br)c(S(=O)(=O)Cl)c1. The molecule has 0 atom stereocenters. The highest BCUT2D eigenvalue weighted by atomic mass is 79.9. The van der Waals surface area contributed by atoms with Gasteiger partial charge in [-0.2, -0.15) is 0 Å².